The number of nitrogens with one attached hydrogen (secondary N) is 1. The van der Waals surface area contributed by atoms with E-state index in [1.165, 1.54) is 64.7 Å². The maximum absolute atomic E-state index is 5.32. The van der Waals surface area contributed by atoms with Crippen LogP contribution >= 0.6 is 11.3 Å². The summed E-state index contributed by atoms with van der Waals surface area (Å²) in [4.78, 5) is 7.68. The fraction of sp³-hybridized carbons (Fsp3) is 0.0750. The largest absolute Gasteiger partial charge is 0.350 e. The third-order valence-corrected chi connectivity index (χ3v) is 10.2. The first kappa shape index (κ1) is 25.5. The summed E-state index contributed by atoms with van der Waals surface area (Å²) in [5.74, 6) is 0.913. The standard InChI is InChI=1S/C40H29N3S/c1-43-39-32-15-7-14-30(22-32)28-12-5-10-26(20-28)27-11-6-13-29(21-27)31-16-18-36-34(23-31)35-24-33(17-19-37(35)44-36)40(43)42-38(41-39)25-8-3-2-4-9-25/h2-24,39-40H,1H3,(H,41,42). The summed E-state index contributed by atoms with van der Waals surface area (Å²) in [6.45, 7) is 0. The Morgan fingerprint density at radius 1 is 0.523 bits per heavy atom. The van der Waals surface area contributed by atoms with Crippen LogP contribution in [0.5, 0.6) is 0 Å². The molecule has 2 unspecified atom stereocenters. The van der Waals surface area contributed by atoms with E-state index in [4.69, 9.17) is 4.99 Å². The van der Waals surface area contributed by atoms with Crippen LogP contribution in [-0.4, -0.2) is 17.8 Å². The second-order valence-corrected chi connectivity index (χ2v) is 12.9. The molecule has 210 valence electrons. The Morgan fingerprint density at radius 2 is 1.09 bits per heavy atom. The quantitative estimate of drug-likeness (QED) is 0.208. The van der Waals surface area contributed by atoms with Crippen LogP contribution in [0.25, 0.3) is 53.6 Å². The van der Waals surface area contributed by atoms with Crippen molar-refractivity contribution in [1.29, 1.82) is 0 Å². The maximum atomic E-state index is 5.32. The third-order valence-electron chi connectivity index (χ3n) is 9.08. The van der Waals surface area contributed by atoms with Crippen molar-refractivity contribution in [2.24, 2.45) is 4.99 Å². The first-order valence-electron chi connectivity index (χ1n) is 15.1. The van der Waals surface area contributed by atoms with Crippen molar-refractivity contribution in [2.75, 3.05) is 7.05 Å². The van der Waals surface area contributed by atoms with Gasteiger partial charge in [0.05, 0.1) is 0 Å². The molecule has 0 saturated heterocycles. The summed E-state index contributed by atoms with van der Waals surface area (Å²) in [6.07, 6.45) is -0.213. The zero-order chi connectivity index (χ0) is 29.2. The highest BCUT2D eigenvalue weighted by molar-refractivity contribution is 7.25. The van der Waals surface area contributed by atoms with Gasteiger partial charge in [-0.3, -0.25) is 4.90 Å². The number of hydrogen-bond donors (Lipinski definition) is 1. The Kier molecular flexibility index (Phi) is 5.80. The van der Waals surface area contributed by atoms with Crippen LogP contribution in [0.2, 0.25) is 0 Å². The third kappa shape index (κ3) is 4.18. The van der Waals surface area contributed by atoms with Gasteiger partial charge in [-0.25, -0.2) is 4.99 Å². The number of aliphatic imine (C=N–C) groups is 1. The molecule has 3 nitrogen and oxygen atoms in total. The maximum Gasteiger partial charge on any atom is 0.132 e. The van der Waals surface area contributed by atoms with E-state index in [1.54, 1.807) is 0 Å². The van der Waals surface area contributed by atoms with Crippen LogP contribution in [0, 0.1) is 0 Å². The molecule has 0 aliphatic carbocycles. The lowest BCUT2D eigenvalue weighted by Gasteiger charge is -2.39. The molecule has 44 heavy (non-hydrogen) atoms. The van der Waals surface area contributed by atoms with Gasteiger partial charge in [0.15, 0.2) is 0 Å². The summed E-state index contributed by atoms with van der Waals surface area (Å²) in [7, 11) is 2.18. The minimum Gasteiger partial charge on any atom is -0.350 e. The number of hydrogen-bond acceptors (Lipinski definition) is 4. The van der Waals surface area contributed by atoms with E-state index in [0.717, 1.165) is 11.4 Å². The lowest BCUT2D eigenvalue weighted by molar-refractivity contribution is 0.152. The zero-order valence-corrected chi connectivity index (χ0v) is 25.1. The van der Waals surface area contributed by atoms with Crippen LogP contribution in [-0.2, 0) is 0 Å². The van der Waals surface area contributed by atoms with Gasteiger partial charge < -0.3 is 5.32 Å². The van der Waals surface area contributed by atoms with Crippen molar-refractivity contribution in [3.8, 4) is 33.4 Å². The van der Waals surface area contributed by atoms with Crippen LogP contribution in [0.1, 0.15) is 29.0 Å². The molecule has 2 aliphatic heterocycles. The van der Waals surface area contributed by atoms with Crippen LogP contribution in [0.4, 0.5) is 0 Å². The van der Waals surface area contributed by atoms with Gasteiger partial charge in [-0.2, -0.15) is 0 Å². The molecule has 12 bridgehead atoms. The van der Waals surface area contributed by atoms with Crippen molar-refractivity contribution in [3.05, 3.63) is 156 Å². The van der Waals surface area contributed by atoms with E-state index in [1.807, 2.05) is 11.3 Å². The van der Waals surface area contributed by atoms with Crippen LogP contribution in [0.15, 0.2) is 145 Å². The molecule has 0 fully saturated rings. The molecular formula is C40H29N3S. The SMILES string of the molecule is CN1C2N=C(c3ccccc3)NC1c1ccc3sc4ccc(cc4c3c1)-c1cccc(c1)-c1cccc(c1)-c1cccc2c1. The van der Waals surface area contributed by atoms with E-state index in [-0.39, 0.29) is 12.3 Å². The molecule has 0 amide bonds. The van der Waals surface area contributed by atoms with E-state index in [9.17, 15) is 0 Å². The molecule has 0 spiro atoms. The van der Waals surface area contributed by atoms with E-state index < -0.39 is 0 Å². The van der Waals surface area contributed by atoms with Gasteiger partial charge in [-0.05, 0) is 94.0 Å². The number of amidine groups is 1. The van der Waals surface area contributed by atoms with Crippen molar-refractivity contribution >= 4 is 37.3 Å². The Bertz CT molecular complexity index is 2250. The first-order chi connectivity index (χ1) is 21.7. The molecule has 1 N–H and O–H groups in total. The summed E-state index contributed by atoms with van der Waals surface area (Å²) in [5, 5.41) is 6.41. The molecule has 0 saturated carbocycles. The molecular weight excluding hydrogens is 555 g/mol. The Balaban J connectivity index is 1.32. The topological polar surface area (TPSA) is 27.6 Å². The average Bonchev–Trinajstić information content (AvgIpc) is 3.46. The predicted octanol–water partition coefficient (Wildman–Crippen LogP) is 10.0. The number of nitrogens with zero attached hydrogens (tertiary/aromatic N) is 2. The summed E-state index contributed by atoms with van der Waals surface area (Å²) < 4.78 is 2.62. The number of rotatable bonds is 1. The van der Waals surface area contributed by atoms with Crippen molar-refractivity contribution < 1.29 is 0 Å². The minimum absolute atomic E-state index is 0.0576. The van der Waals surface area contributed by atoms with E-state index in [2.05, 4.69) is 157 Å². The van der Waals surface area contributed by atoms with Gasteiger partial charge in [0.2, 0.25) is 0 Å². The molecule has 0 radical (unpaired) electrons. The normalized spacial score (nSPS) is 17.4. The molecule has 7 aromatic rings. The molecule has 1 aromatic heterocycles. The van der Waals surface area contributed by atoms with Crippen molar-refractivity contribution in [3.63, 3.8) is 0 Å². The summed E-state index contributed by atoms with van der Waals surface area (Å²) in [5.41, 5.74) is 10.8. The van der Waals surface area contributed by atoms with Gasteiger partial charge in [0.25, 0.3) is 0 Å². The second-order valence-electron chi connectivity index (χ2n) is 11.8. The molecule has 2 atom stereocenters. The molecule has 3 heterocycles. The summed E-state index contributed by atoms with van der Waals surface area (Å²) in [6, 6.07) is 51.1. The van der Waals surface area contributed by atoms with Gasteiger partial charge in [-0.1, -0.05) is 97.1 Å². The Morgan fingerprint density at radius 3 is 1.80 bits per heavy atom. The van der Waals surface area contributed by atoms with Gasteiger partial charge in [-0.15, -0.1) is 11.3 Å². The van der Waals surface area contributed by atoms with E-state index in [0.29, 0.717) is 0 Å². The Hall–Kier alpha value is -5.03. The highest BCUT2D eigenvalue weighted by atomic mass is 32.1. The number of thiophene rings is 1. The first-order valence-corrected chi connectivity index (χ1v) is 15.9. The minimum atomic E-state index is -0.156. The van der Waals surface area contributed by atoms with Crippen LogP contribution < -0.4 is 5.32 Å². The average molecular weight is 584 g/mol. The van der Waals surface area contributed by atoms with Gasteiger partial charge >= 0.3 is 0 Å². The highest BCUT2D eigenvalue weighted by Gasteiger charge is 2.32. The fourth-order valence-corrected chi connectivity index (χ4v) is 7.85. The molecule has 4 heteroatoms. The number of benzene rings is 6. The fourth-order valence-electron chi connectivity index (χ4n) is 6.79. The molecule has 6 aromatic carbocycles. The number of fused-ring (bicyclic) bond motifs is 15. The predicted molar refractivity (Wildman–Crippen MR) is 185 cm³/mol. The van der Waals surface area contributed by atoms with Gasteiger partial charge in [0, 0.05) is 25.7 Å². The van der Waals surface area contributed by atoms with Crippen molar-refractivity contribution in [1.82, 2.24) is 10.2 Å². The zero-order valence-electron chi connectivity index (χ0n) is 24.2. The van der Waals surface area contributed by atoms with Crippen molar-refractivity contribution in [2.45, 2.75) is 12.3 Å². The molecule has 2 aliphatic rings. The monoisotopic (exact) mass is 583 g/mol. The Labute approximate surface area is 260 Å². The lowest BCUT2D eigenvalue weighted by atomic mass is 9.94. The van der Waals surface area contributed by atoms with E-state index >= 15 is 0 Å². The smallest absolute Gasteiger partial charge is 0.132 e. The van der Waals surface area contributed by atoms with Crippen LogP contribution in [0.3, 0.4) is 0 Å². The highest BCUT2D eigenvalue weighted by Crippen LogP contribution is 2.41. The molecule has 9 rings (SSSR count). The summed E-state index contributed by atoms with van der Waals surface area (Å²) >= 11 is 1.86. The second kappa shape index (κ2) is 10.0. The van der Waals surface area contributed by atoms with Gasteiger partial charge in [0.1, 0.15) is 18.2 Å². The lowest BCUT2D eigenvalue weighted by Crippen LogP contribution is -2.45.